The maximum absolute atomic E-state index is 10.8. The number of furan rings is 2. The normalized spacial score (nSPS) is 10.9. The number of aromatic carboxylic acids is 1. The Morgan fingerprint density at radius 3 is 1.88 bits per heavy atom. The van der Waals surface area contributed by atoms with Crippen LogP contribution in [0.1, 0.15) is 85.8 Å². The Bertz CT molecular complexity index is 1310. The van der Waals surface area contributed by atoms with Gasteiger partial charge in [0.15, 0.2) is 6.29 Å². The first-order chi connectivity index (χ1) is 18.3. The largest absolute Gasteiger partial charge is 0.506 e. The van der Waals surface area contributed by atoms with E-state index in [0.717, 1.165) is 17.6 Å². The highest BCUT2D eigenvalue weighted by molar-refractivity contribution is 6.31. The van der Waals surface area contributed by atoms with E-state index in [4.69, 9.17) is 35.8 Å². The molecule has 0 amide bonds. The number of aromatic hydroxyl groups is 1. The molecule has 3 aromatic rings. The summed E-state index contributed by atoms with van der Waals surface area (Å²) in [6.45, 7) is 12.6. The third-order valence-corrected chi connectivity index (χ3v) is 5.35. The first-order valence-corrected chi connectivity index (χ1v) is 12.3. The summed E-state index contributed by atoms with van der Waals surface area (Å²) in [4.78, 5) is 39.9. The second kappa shape index (κ2) is 14.2. The van der Waals surface area contributed by atoms with Crippen LogP contribution in [0.2, 0.25) is 5.02 Å². The number of anilines is 1. The number of aldehydes is 1. The molecule has 0 aliphatic heterocycles. The van der Waals surface area contributed by atoms with Crippen molar-refractivity contribution in [3.8, 4) is 5.75 Å². The fourth-order valence-electron chi connectivity index (χ4n) is 2.99. The van der Waals surface area contributed by atoms with Gasteiger partial charge in [-0.25, -0.2) is 4.79 Å². The number of phenolic OH excluding ortho intramolecular Hbond substituents is 1. The van der Waals surface area contributed by atoms with E-state index >= 15 is 0 Å². The average Bonchev–Trinajstić information content (AvgIpc) is 3.47. The molecule has 0 radical (unpaired) electrons. The van der Waals surface area contributed by atoms with Crippen LogP contribution in [0.15, 0.2) is 45.6 Å². The lowest BCUT2D eigenvalue weighted by Crippen LogP contribution is -2.12. The zero-order chi connectivity index (χ0) is 30.8. The molecule has 0 saturated carbocycles. The summed E-state index contributed by atoms with van der Waals surface area (Å²) in [7, 11) is 0. The van der Waals surface area contributed by atoms with Crippen LogP contribution < -0.4 is 5.32 Å². The highest BCUT2D eigenvalue weighted by Crippen LogP contribution is 2.37. The molecule has 0 aliphatic rings. The molecule has 0 unspecified atom stereocenters. The van der Waals surface area contributed by atoms with E-state index < -0.39 is 24.3 Å². The van der Waals surface area contributed by atoms with Crippen LogP contribution >= 0.6 is 11.6 Å². The van der Waals surface area contributed by atoms with Gasteiger partial charge in [-0.05, 0) is 29.2 Å². The maximum atomic E-state index is 10.8. The number of rotatable bonds is 7. The summed E-state index contributed by atoms with van der Waals surface area (Å²) in [5.41, 5.74) is 2.55. The number of hydrogen-bond acceptors (Lipinski definition) is 8. The van der Waals surface area contributed by atoms with E-state index in [1.807, 2.05) is 41.5 Å². The molecule has 3 rings (SSSR count). The van der Waals surface area contributed by atoms with E-state index in [-0.39, 0.29) is 22.3 Å². The van der Waals surface area contributed by atoms with Crippen molar-refractivity contribution in [1.29, 1.82) is 0 Å². The van der Waals surface area contributed by atoms with Crippen LogP contribution in [0, 0.1) is 0 Å². The highest BCUT2D eigenvalue weighted by Gasteiger charge is 2.20. The van der Waals surface area contributed by atoms with E-state index in [0.29, 0.717) is 28.4 Å². The molecule has 0 spiro atoms. The predicted octanol–water partition coefficient (Wildman–Crippen LogP) is 6.18. The lowest BCUT2D eigenvalue weighted by Gasteiger charge is -2.22. The summed E-state index contributed by atoms with van der Waals surface area (Å²) >= 11 is 6.17. The van der Waals surface area contributed by atoms with Crippen LogP contribution in [0.25, 0.3) is 0 Å². The lowest BCUT2D eigenvalue weighted by molar-refractivity contribution is -0.147. The van der Waals surface area contributed by atoms with Gasteiger partial charge in [0.1, 0.15) is 24.2 Å². The van der Waals surface area contributed by atoms with Gasteiger partial charge in [0.05, 0.1) is 17.5 Å². The summed E-state index contributed by atoms with van der Waals surface area (Å²) in [6.07, 6.45) is 2.83. The Kier molecular flexibility index (Phi) is 12.0. The van der Waals surface area contributed by atoms with Crippen molar-refractivity contribution in [2.45, 2.75) is 65.3 Å². The summed E-state index contributed by atoms with van der Waals surface area (Å²) < 4.78 is 10.1. The SMILES string of the molecule is CC(C)(C)c1cc(C=O)co1.CC(C)(C)c1cc(NCc2coc(C(=O)O)c2)c(O)cc1Cl.O=C(O)CC(=O)O. The van der Waals surface area contributed by atoms with Crippen LogP contribution in [-0.2, 0) is 27.0 Å². The number of aliphatic carboxylic acids is 2. The molecule has 2 aromatic heterocycles. The van der Waals surface area contributed by atoms with E-state index in [9.17, 15) is 24.3 Å². The van der Waals surface area contributed by atoms with Gasteiger partial charge in [-0.15, -0.1) is 0 Å². The van der Waals surface area contributed by atoms with Crippen LogP contribution in [0.5, 0.6) is 5.75 Å². The van der Waals surface area contributed by atoms with Crippen molar-refractivity contribution < 1.29 is 48.4 Å². The number of halogens is 1. The Morgan fingerprint density at radius 1 is 0.900 bits per heavy atom. The maximum Gasteiger partial charge on any atom is 0.371 e. The Hall–Kier alpha value is -4.25. The Labute approximate surface area is 236 Å². The second-order valence-corrected chi connectivity index (χ2v) is 11.1. The number of carboxylic acid groups (broad SMARTS) is 3. The van der Waals surface area contributed by atoms with Crippen LogP contribution in [0.4, 0.5) is 5.69 Å². The molecule has 11 nitrogen and oxygen atoms in total. The number of nitrogens with one attached hydrogen (secondary N) is 1. The third kappa shape index (κ3) is 11.2. The quantitative estimate of drug-likeness (QED) is 0.122. The lowest BCUT2D eigenvalue weighted by atomic mass is 9.86. The molecule has 1 aromatic carbocycles. The molecule has 0 fully saturated rings. The van der Waals surface area contributed by atoms with E-state index in [1.165, 1.54) is 24.7 Å². The van der Waals surface area contributed by atoms with E-state index in [1.54, 1.807) is 12.1 Å². The van der Waals surface area contributed by atoms with Crippen molar-refractivity contribution in [3.05, 3.63) is 70.0 Å². The molecule has 5 N–H and O–H groups in total. The standard InChI is InChI=1S/C16H18ClNO4.C9H12O2.C3H4O4/c1-16(2,3)10-5-12(13(19)6-11(10)17)18-7-9-4-14(15(20)21)22-8-9;1-9(2,3)8-4-7(5-10)6-11-8;4-2(5)1-3(6)7/h4-6,8,18-19H,7H2,1-3H3,(H,20,21);4-6H,1-3H3;1H2,(H,4,5)(H,6,7). The Balaban J connectivity index is 0.000000368. The topological polar surface area (TPSA) is 188 Å². The molecule has 0 bridgehead atoms. The molecular formula is C28H34ClNO10. The van der Waals surface area contributed by atoms with Crippen molar-refractivity contribution in [3.63, 3.8) is 0 Å². The highest BCUT2D eigenvalue weighted by atomic mass is 35.5. The van der Waals surface area contributed by atoms with Crippen LogP contribution in [0.3, 0.4) is 0 Å². The van der Waals surface area contributed by atoms with Crippen molar-refractivity contribution in [1.82, 2.24) is 0 Å². The number of phenols is 1. The Morgan fingerprint density at radius 2 is 1.50 bits per heavy atom. The van der Waals surface area contributed by atoms with Gasteiger partial charge in [0, 0.05) is 28.6 Å². The van der Waals surface area contributed by atoms with Gasteiger partial charge in [-0.3, -0.25) is 14.4 Å². The summed E-state index contributed by atoms with van der Waals surface area (Å²) in [6, 6.07) is 6.51. The summed E-state index contributed by atoms with van der Waals surface area (Å²) in [5, 5.41) is 37.8. The van der Waals surface area contributed by atoms with Gasteiger partial charge in [0.2, 0.25) is 5.76 Å². The fourth-order valence-corrected chi connectivity index (χ4v) is 3.43. The van der Waals surface area contributed by atoms with Gasteiger partial charge >= 0.3 is 17.9 Å². The zero-order valence-electron chi connectivity index (χ0n) is 23.1. The minimum absolute atomic E-state index is 0.0126. The molecule has 0 saturated heterocycles. The third-order valence-electron chi connectivity index (χ3n) is 5.04. The van der Waals surface area contributed by atoms with Gasteiger partial charge < -0.3 is 34.6 Å². The number of hydrogen-bond donors (Lipinski definition) is 5. The van der Waals surface area contributed by atoms with Crippen molar-refractivity contribution in [2.24, 2.45) is 0 Å². The number of carbonyl (C=O) groups excluding carboxylic acids is 1. The average molecular weight is 580 g/mol. The molecule has 12 heteroatoms. The number of benzene rings is 1. The van der Waals surface area contributed by atoms with Crippen molar-refractivity contribution in [2.75, 3.05) is 5.32 Å². The molecule has 0 aliphatic carbocycles. The molecule has 218 valence electrons. The number of carboxylic acids is 3. The first kappa shape index (κ1) is 33.8. The smallest absolute Gasteiger partial charge is 0.371 e. The molecule has 0 atom stereocenters. The predicted molar refractivity (Wildman–Crippen MR) is 147 cm³/mol. The molecular weight excluding hydrogens is 546 g/mol. The van der Waals surface area contributed by atoms with Gasteiger partial charge in [0.25, 0.3) is 0 Å². The molecule has 40 heavy (non-hydrogen) atoms. The van der Waals surface area contributed by atoms with Crippen LogP contribution in [-0.4, -0.2) is 44.6 Å². The monoisotopic (exact) mass is 579 g/mol. The minimum Gasteiger partial charge on any atom is -0.506 e. The van der Waals surface area contributed by atoms with Crippen molar-refractivity contribution >= 4 is 41.5 Å². The fraction of sp³-hybridized carbons (Fsp3) is 0.357. The second-order valence-electron chi connectivity index (χ2n) is 10.7. The van der Waals surface area contributed by atoms with E-state index in [2.05, 4.69) is 5.32 Å². The zero-order valence-corrected chi connectivity index (χ0v) is 23.8. The minimum atomic E-state index is -1.31. The first-order valence-electron chi connectivity index (χ1n) is 11.9. The number of carbonyl (C=O) groups is 4. The molecule has 2 heterocycles. The summed E-state index contributed by atoms with van der Waals surface area (Å²) in [5.74, 6) is -2.97. The van der Waals surface area contributed by atoms with Gasteiger partial charge in [-0.1, -0.05) is 53.1 Å². The van der Waals surface area contributed by atoms with Gasteiger partial charge in [-0.2, -0.15) is 0 Å².